The van der Waals surface area contributed by atoms with Crippen molar-refractivity contribution in [1.29, 1.82) is 0 Å². The van der Waals surface area contributed by atoms with Crippen LogP contribution in [0.25, 0.3) is 0 Å². The van der Waals surface area contributed by atoms with Gasteiger partial charge in [0.25, 0.3) is 5.91 Å². The largest absolute Gasteiger partial charge is 0.497 e. The van der Waals surface area contributed by atoms with E-state index in [9.17, 15) is 9.59 Å². The number of hydrazone groups is 1. The van der Waals surface area contributed by atoms with E-state index in [4.69, 9.17) is 9.84 Å². The summed E-state index contributed by atoms with van der Waals surface area (Å²) in [5.74, 6) is 0.568. The number of rotatable bonds is 7. The minimum atomic E-state index is -0.408. The number of benzene rings is 3. The molecule has 2 amide bonds. The zero-order valence-electron chi connectivity index (χ0n) is 22.4. The van der Waals surface area contributed by atoms with E-state index in [-0.39, 0.29) is 35.7 Å². The molecule has 206 valence electrons. The van der Waals surface area contributed by atoms with E-state index in [2.05, 4.69) is 40.3 Å². The van der Waals surface area contributed by atoms with Crippen molar-refractivity contribution in [3.63, 3.8) is 0 Å². The molecule has 0 aliphatic carbocycles. The molecule has 3 aromatic carbocycles. The Balaban J connectivity index is 1.17. The van der Waals surface area contributed by atoms with Crippen LogP contribution in [0, 0.1) is 12.8 Å². The number of carbonyl (C=O) groups excluding carboxylic acids is 2. The first-order valence-corrected chi connectivity index (χ1v) is 14.4. The quantitative estimate of drug-likeness (QED) is 0.411. The molecule has 0 bridgehead atoms. The van der Waals surface area contributed by atoms with Crippen LogP contribution in [0.15, 0.2) is 84.0 Å². The lowest BCUT2D eigenvalue weighted by Gasteiger charge is -2.37. The summed E-state index contributed by atoms with van der Waals surface area (Å²) in [6, 6.07) is 25.7. The van der Waals surface area contributed by atoms with Crippen molar-refractivity contribution in [2.24, 2.45) is 11.0 Å². The van der Waals surface area contributed by atoms with E-state index >= 15 is 0 Å². The van der Waals surface area contributed by atoms with Crippen LogP contribution >= 0.6 is 11.8 Å². The van der Waals surface area contributed by atoms with E-state index < -0.39 is 5.50 Å². The highest BCUT2D eigenvalue weighted by Crippen LogP contribution is 2.34. The van der Waals surface area contributed by atoms with E-state index in [0.29, 0.717) is 13.0 Å². The molecule has 3 N–H and O–H groups in total. The van der Waals surface area contributed by atoms with Gasteiger partial charge in [-0.05, 0) is 54.4 Å². The van der Waals surface area contributed by atoms with Crippen molar-refractivity contribution in [2.75, 3.05) is 24.4 Å². The van der Waals surface area contributed by atoms with Crippen molar-refractivity contribution in [3.8, 4) is 5.75 Å². The molecular formula is C30H32N6O3S. The summed E-state index contributed by atoms with van der Waals surface area (Å²) >= 11 is 1.37. The number of fused-ring (bicyclic) bond motifs is 1. The average Bonchev–Trinajstić information content (AvgIpc) is 3.63. The number of hydrogen-bond donors (Lipinski definition) is 3. The second-order valence-corrected chi connectivity index (χ2v) is 11.2. The number of nitrogens with one attached hydrogen (secondary N) is 3. The molecule has 40 heavy (non-hydrogen) atoms. The normalized spacial score (nSPS) is 23.9. The lowest BCUT2D eigenvalue weighted by atomic mass is 9.97. The van der Waals surface area contributed by atoms with Gasteiger partial charge in [-0.2, -0.15) is 5.10 Å². The number of anilines is 1. The van der Waals surface area contributed by atoms with Crippen molar-refractivity contribution in [2.45, 2.75) is 31.0 Å². The fraction of sp³-hybridized carbons (Fsp3) is 0.300. The zero-order chi connectivity index (χ0) is 27.6. The molecule has 3 heterocycles. The number of amides is 2. The third-order valence-corrected chi connectivity index (χ3v) is 8.53. The molecule has 3 aliphatic rings. The van der Waals surface area contributed by atoms with Crippen LogP contribution in [-0.2, 0) is 9.59 Å². The standard InChI is InChI=1S/C30H32N6O3S/c1-19-8-10-21(11-9-19)26-16-25(20-12-14-23(39-2)15-13-20)34-36(26)27(37)18-40-30-32-28-24(29(38)33-30)17-31-35(28)22-6-4-3-5-7-22/h3-15,24,26,28,30-32H,16-18H2,1-2H3,(H,33,38). The van der Waals surface area contributed by atoms with E-state index in [0.717, 1.165) is 33.8 Å². The van der Waals surface area contributed by atoms with Gasteiger partial charge in [0.15, 0.2) is 0 Å². The Morgan fingerprint density at radius 3 is 2.52 bits per heavy atom. The maximum absolute atomic E-state index is 13.6. The first-order chi connectivity index (χ1) is 19.5. The first-order valence-electron chi connectivity index (χ1n) is 13.4. The van der Waals surface area contributed by atoms with E-state index in [1.165, 1.54) is 11.8 Å². The van der Waals surface area contributed by atoms with Crippen molar-refractivity contribution in [1.82, 2.24) is 21.1 Å². The Labute approximate surface area is 237 Å². The van der Waals surface area contributed by atoms with Gasteiger partial charge in [-0.3, -0.25) is 19.9 Å². The molecule has 4 atom stereocenters. The molecule has 0 spiro atoms. The molecule has 3 aliphatic heterocycles. The molecular weight excluding hydrogens is 524 g/mol. The Bertz CT molecular complexity index is 1400. The highest BCUT2D eigenvalue weighted by Gasteiger charge is 2.44. The first kappa shape index (κ1) is 26.4. The van der Waals surface area contributed by atoms with Crippen LogP contribution in [0.5, 0.6) is 5.75 Å². The van der Waals surface area contributed by atoms with Gasteiger partial charge in [0, 0.05) is 13.0 Å². The second kappa shape index (κ2) is 11.3. The van der Waals surface area contributed by atoms with Gasteiger partial charge in [0.2, 0.25) is 5.91 Å². The van der Waals surface area contributed by atoms with Crippen LogP contribution in [0.3, 0.4) is 0 Å². The number of thioether (sulfide) groups is 1. The second-order valence-electron chi connectivity index (χ2n) is 10.1. The summed E-state index contributed by atoms with van der Waals surface area (Å²) < 4.78 is 5.30. The van der Waals surface area contributed by atoms with Crippen molar-refractivity contribution in [3.05, 3.63) is 95.6 Å². The van der Waals surface area contributed by atoms with Crippen LogP contribution in [-0.4, -0.2) is 53.6 Å². The smallest absolute Gasteiger partial charge is 0.253 e. The van der Waals surface area contributed by atoms with Crippen molar-refractivity contribution < 1.29 is 14.3 Å². The van der Waals surface area contributed by atoms with Gasteiger partial charge in [0.1, 0.15) is 17.4 Å². The number of aryl methyl sites for hydroxylation is 1. The molecule has 4 unspecified atom stereocenters. The molecule has 0 radical (unpaired) electrons. The van der Waals surface area contributed by atoms with Crippen LogP contribution in [0.2, 0.25) is 0 Å². The molecule has 9 nitrogen and oxygen atoms in total. The molecule has 3 aromatic rings. The summed E-state index contributed by atoms with van der Waals surface area (Å²) in [7, 11) is 1.64. The van der Waals surface area contributed by atoms with Crippen LogP contribution in [0.1, 0.15) is 29.2 Å². The monoisotopic (exact) mass is 556 g/mol. The third kappa shape index (κ3) is 5.30. The topological polar surface area (TPSA) is 98.3 Å². The number of para-hydroxylation sites is 1. The predicted molar refractivity (Wildman–Crippen MR) is 157 cm³/mol. The molecule has 2 saturated heterocycles. The van der Waals surface area contributed by atoms with Gasteiger partial charge in [-0.15, -0.1) is 11.8 Å². The zero-order valence-corrected chi connectivity index (χ0v) is 23.2. The number of hydrogen-bond acceptors (Lipinski definition) is 8. The van der Waals surface area contributed by atoms with Gasteiger partial charge >= 0.3 is 0 Å². The summed E-state index contributed by atoms with van der Waals surface area (Å²) in [4.78, 5) is 26.5. The highest BCUT2D eigenvalue weighted by atomic mass is 32.2. The fourth-order valence-corrected chi connectivity index (χ4v) is 6.22. The molecule has 10 heteroatoms. The summed E-state index contributed by atoms with van der Waals surface area (Å²) in [5, 5.41) is 14.9. The summed E-state index contributed by atoms with van der Waals surface area (Å²) in [5.41, 5.74) is 7.92. The number of methoxy groups -OCH3 is 1. The van der Waals surface area contributed by atoms with Crippen LogP contribution < -0.4 is 25.8 Å². The van der Waals surface area contributed by atoms with E-state index in [1.54, 1.807) is 12.1 Å². The number of carbonyl (C=O) groups is 2. The average molecular weight is 557 g/mol. The minimum absolute atomic E-state index is 0.0295. The maximum Gasteiger partial charge on any atom is 0.253 e. The van der Waals surface area contributed by atoms with Crippen LogP contribution in [0.4, 0.5) is 5.69 Å². The fourth-order valence-electron chi connectivity index (χ4n) is 5.34. The number of nitrogens with zero attached hydrogens (tertiary/aromatic N) is 3. The highest BCUT2D eigenvalue weighted by molar-refractivity contribution is 8.00. The number of ether oxygens (including phenoxy) is 1. The van der Waals surface area contributed by atoms with Gasteiger partial charge in [-0.1, -0.05) is 48.0 Å². The van der Waals surface area contributed by atoms with Gasteiger partial charge < -0.3 is 10.1 Å². The minimum Gasteiger partial charge on any atom is -0.497 e. The Kier molecular flexibility index (Phi) is 7.46. The molecule has 0 saturated carbocycles. The Morgan fingerprint density at radius 1 is 1.05 bits per heavy atom. The lowest BCUT2D eigenvalue weighted by molar-refractivity contribution is -0.130. The molecule has 6 rings (SSSR count). The van der Waals surface area contributed by atoms with Crippen molar-refractivity contribution >= 4 is 35.0 Å². The molecule has 2 fully saturated rings. The lowest BCUT2D eigenvalue weighted by Crippen LogP contribution is -2.63. The Morgan fingerprint density at radius 2 is 1.80 bits per heavy atom. The predicted octanol–water partition coefficient (Wildman–Crippen LogP) is 3.38. The Hall–Kier alpha value is -3.86. The summed E-state index contributed by atoms with van der Waals surface area (Å²) in [6.45, 7) is 2.59. The molecule has 0 aromatic heterocycles. The third-order valence-electron chi connectivity index (χ3n) is 7.53. The number of hydrazine groups is 1. The van der Waals surface area contributed by atoms with E-state index in [1.807, 2.05) is 66.5 Å². The maximum atomic E-state index is 13.6. The van der Waals surface area contributed by atoms with Gasteiger partial charge in [0.05, 0.1) is 36.2 Å². The van der Waals surface area contributed by atoms with Gasteiger partial charge in [-0.25, -0.2) is 10.4 Å². The summed E-state index contributed by atoms with van der Waals surface area (Å²) in [6.07, 6.45) is 0.404. The SMILES string of the molecule is COc1ccc(C2=NN(C(=O)CSC3NC(=O)C4CNN(c5ccccc5)C4N3)C(c3ccc(C)cc3)C2)cc1.